The molecule has 37 heavy (non-hydrogen) atoms. The summed E-state index contributed by atoms with van der Waals surface area (Å²) in [5.74, 6) is 1.22. The van der Waals surface area contributed by atoms with Crippen LogP contribution in [-0.4, -0.2) is 66.7 Å². The van der Waals surface area contributed by atoms with Crippen molar-refractivity contribution < 1.29 is 14.3 Å². The van der Waals surface area contributed by atoms with E-state index in [0.717, 1.165) is 60.9 Å². The van der Waals surface area contributed by atoms with Crippen molar-refractivity contribution in [2.45, 2.75) is 13.0 Å². The number of nitrogens with zero attached hydrogens (tertiary/aromatic N) is 3. The maximum Gasteiger partial charge on any atom is 0.238 e. The Morgan fingerprint density at radius 1 is 1.08 bits per heavy atom. The molecule has 192 valence electrons. The van der Waals surface area contributed by atoms with Crippen LogP contribution in [0.15, 0.2) is 66.9 Å². The number of fused-ring (bicyclic) bond motifs is 7. The van der Waals surface area contributed by atoms with Crippen LogP contribution >= 0.6 is 0 Å². The van der Waals surface area contributed by atoms with E-state index in [1.165, 1.54) is 0 Å². The quantitative estimate of drug-likeness (QED) is 0.469. The van der Waals surface area contributed by atoms with E-state index in [0.29, 0.717) is 38.0 Å². The molecule has 0 unspecified atom stereocenters. The van der Waals surface area contributed by atoms with Gasteiger partial charge >= 0.3 is 0 Å². The van der Waals surface area contributed by atoms with Crippen molar-refractivity contribution in [2.75, 3.05) is 56.6 Å². The number of ether oxygens (including phenoxy) is 2. The monoisotopic (exact) mass is 500 g/mol. The van der Waals surface area contributed by atoms with E-state index < -0.39 is 0 Å². The molecule has 2 aliphatic heterocycles. The Morgan fingerprint density at radius 3 is 2.92 bits per heavy atom. The highest BCUT2D eigenvalue weighted by molar-refractivity contribution is 5.93. The molecule has 0 aliphatic carbocycles. The summed E-state index contributed by atoms with van der Waals surface area (Å²) in [6, 6.07) is 15.6. The van der Waals surface area contributed by atoms with Gasteiger partial charge in [0.2, 0.25) is 11.9 Å². The first-order valence-corrected chi connectivity index (χ1v) is 12.6. The molecule has 3 aromatic rings. The minimum Gasteiger partial charge on any atom is -0.493 e. The van der Waals surface area contributed by atoms with E-state index in [1.807, 2.05) is 54.6 Å². The molecule has 6 bridgehead atoms. The largest absolute Gasteiger partial charge is 0.493 e. The van der Waals surface area contributed by atoms with E-state index in [1.54, 1.807) is 6.20 Å². The zero-order chi connectivity index (χ0) is 25.3. The van der Waals surface area contributed by atoms with Crippen LogP contribution in [0.3, 0.4) is 0 Å². The van der Waals surface area contributed by atoms with Crippen LogP contribution in [0.4, 0.5) is 17.3 Å². The normalized spacial score (nSPS) is 17.4. The predicted octanol–water partition coefficient (Wildman–Crippen LogP) is 3.59. The van der Waals surface area contributed by atoms with Crippen LogP contribution in [0.5, 0.6) is 5.75 Å². The van der Waals surface area contributed by atoms with Crippen molar-refractivity contribution in [3.8, 4) is 17.0 Å². The topological polar surface area (TPSA) is 101 Å². The summed E-state index contributed by atoms with van der Waals surface area (Å²) in [5.41, 5.74) is 4.14. The first-order chi connectivity index (χ1) is 18.2. The molecule has 2 aliphatic rings. The summed E-state index contributed by atoms with van der Waals surface area (Å²) < 4.78 is 11.8. The van der Waals surface area contributed by atoms with Crippen LogP contribution in [0, 0.1) is 0 Å². The van der Waals surface area contributed by atoms with Crippen molar-refractivity contribution in [1.82, 2.24) is 20.2 Å². The predicted molar refractivity (Wildman–Crippen MR) is 144 cm³/mol. The molecule has 9 nitrogen and oxygen atoms in total. The fraction of sp³-hybridized carbons (Fsp3) is 0.321. The van der Waals surface area contributed by atoms with Crippen molar-refractivity contribution >= 4 is 23.2 Å². The molecule has 0 spiro atoms. The van der Waals surface area contributed by atoms with Gasteiger partial charge in [-0.3, -0.25) is 9.69 Å². The summed E-state index contributed by atoms with van der Waals surface area (Å²) in [6.45, 7) is 5.37. The minimum atomic E-state index is -0.0383. The first kappa shape index (κ1) is 24.9. The van der Waals surface area contributed by atoms with Crippen LogP contribution in [0.1, 0.15) is 12.0 Å². The lowest BCUT2D eigenvalue weighted by Crippen LogP contribution is -2.46. The minimum absolute atomic E-state index is 0.0383. The van der Waals surface area contributed by atoms with Gasteiger partial charge in [-0.1, -0.05) is 24.3 Å². The first-order valence-electron chi connectivity index (χ1n) is 12.6. The van der Waals surface area contributed by atoms with Crippen molar-refractivity contribution in [3.05, 3.63) is 72.4 Å². The Labute approximate surface area is 216 Å². The fourth-order valence-electron chi connectivity index (χ4n) is 4.32. The fourth-order valence-corrected chi connectivity index (χ4v) is 4.32. The maximum absolute atomic E-state index is 12.8. The highest BCUT2D eigenvalue weighted by Gasteiger charge is 2.14. The van der Waals surface area contributed by atoms with Gasteiger partial charge < -0.3 is 25.4 Å². The molecule has 0 saturated carbocycles. The van der Waals surface area contributed by atoms with E-state index in [9.17, 15) is 4.79 Å². The summed E-state index contributed by atoms with van der Waals surface area (Å²) >= 11 is 0. The molecule has 9 heteroatoms. The number of aromatic nitrogens is 2. The lowest BCUT2D eigenvalue weighted by atomic mass is 10.1. The summed E-state index contributed by atoms with van der Waals surface area (Å²) in [5, 5.41) is 9.66. The standard InChI is InChI=1S/C28H32N6O3/c35-27(19-34-11-9-29-10-12-34)31-23-15-21-16-24(18-23)32-28-30-8-7-26(33-28)22-5-4-6-25(17-22)37-14-3-1-2-13-36-20-21/h1-2,4-8,15-18,29H,3,9-14,19-20H2,(H,31,35)(H,30,32,33)/b2-1+. The SMILES string of the molecule is O=C(CN1CCNCC1)Nc1cc2cc(c1)Nc1nccc(n1)-c1cccc(c1)OCC/C=C/COC2. The Balaban J connectivity index is 1.39. The summed E-state index contributed by atoms with van der Waals surface area (Å²) in [4.78, 5) is 24.0. The molecule has 1 amide bonds. The van der Waals surface area contributed by atoms with Gasteiger partial charge in [0.1, 0.15) is 5.75 Å². The van der Waals surface area contributed by atoms with Gasteiger partial charge in [0, 0.05) is 49.3 Å². The van der Waals surface area contributed by atoms with Gasteiger partial charge in [-0.25, -0.2) is 9.97 Å². The highest BCUT2D eigenvalue weighted by Crippen LogP contribution is 2.26. The second-order valence-corrected chi connectivity index (χ2v) is 9.03. The van der Waals surface area contributed by atoms with E-state index in [4.69, 9.17) is 14.5 Å². The molecule has 1 fully saturated rings. The molecular weight excluding hydrogens is 468 g/mol. The van der Waals surface area contributed by atoms with Crippen LogP contribution < -0.4 is 20.7 Å². The number of benzene rings is 2. The third-order valence-electron chi connectivity index (χ3n) is 6.10. The number of amides is 1. The lowest BCUT2D eigenvalue weighted by Gasteiger charge is -2.26. The Hall–Kier alpha value is -3.79. The van der Waals surface area contributed by atoms with Gasteiger partial charge in [-0.2, -0.15) is 0 Å². The van der Waals surface area contributed by atoms with Gasteiger partial charge in [0.15, 0.2) is 0 Å². The number of nitrogens with one attached hydrogen (secondary N) is 3. The Kier molecular flexibility index (Phi) is 8.37. The summed E-state index contributed by atoms with van der Waals surface area (Å²) in [6.07, 6.45) is 6.57. The number of carbonyl (C=O) groups is 1. The molecule has 1 saturated heterocycles. The molecule has 0 atom stereocenters. The third kappa shape index (κ3) is 7.36. The number of carbonyl (C=O) groups excluding carboxylic acids is 1. The van der Waals surface area contributed by atoms with Crippen LogP contribution in [0.25, 0.3) is 11.3 Å². The highest BCUT2D eigenvalue weighted by atomic mass is 16.5. The average molecular weight is 501 g/mol. The summed E-state index contributed by atoms with van der Waals surface area (Å²) in [7, 11) is 0. The second-order valence-electron chi connectivity index (χ2n) is 9.03. The van der Waals surface area contributed by atoms with Crippen molar-refractivity contribution in [1.29, 1.82) is 0 Å². The Bertz CT molecular complexity index is 1240. The van der Waals surface area contributed by atoms with E-state index in [-0.39, 0.29) is 5.91 Å². The van der Waals surface area contributed by atoms with E-state index >= 15 is 0 Å². The van der Waals surface area contributed by atoms with Gasteiger partial charge in [-0.15, -0.1) is 0 Å². The average Bonchev–Trinajstić information content (AvgIpc) is 2.90. The smallest absolute Gasteiger partial charge is 0.238 e. The van der Waals surface area contributed by atoms with E-state index in [2.05, 4.69) is 31.9 Å². The molecule has 0 radical (unpaired) electrons. The van der Waals surface area contributed by atoms with Gasteiger partial charge in [0.25, 0.3) is 0 Å². The van der Waals surface area contributed by atoms with Crippen molar-refractivity contribution in [3.63, 3.8) is 0 Å². The van der Waals surface area contributed by atoms with Gasteiger partial charge in [-0.05, 0) is 48.4 Å². The molecule has 1 aromatic heterocycles. The number of piperazine rings is 1. The number of rotatable bonds is 3. The van der Waals surface area contributed by atoms with Crippen molar-refractivity contribution in [2.24, 2.45) is 0 Å². The molecule has 3 heterocycles. The van der Waals surface area contributed by atoms with Crippen LogP contribution in [0.2, 0.25) is 0 Å². The maximum atomic E-state index is 12.8. The molecule has 5 rings (SSSR count). The molecule has 3 N–H and O–H groups in total. The second kappa shape index (κ2) is 12.4. The number of anilines is 3. The molecule has 2 aromatic carbocycles. The van der Waals surface area contributed by atoms with Gasteiger partial charge in [0.05, 0.1) is 32.1 Å². The number of hydrogen-bond acceptors (Lipinski definition) is 8. The molecular formula is C28H32N6O3. The Morgan fingerprint density at radius 2 is 2.00 bits per heavy atom. The number of hydrogen-bond donors (Lipinski definition) is 3. The van der Waals surface area contributed by atoms with Crippen LogP contribution in [-0.2, 0) is 16.1 Å². The zero-order valence-corrected chi connectivity index (χ0v) is 20.8. The third-order valence-corrected chi connectivity index (χ3v) is 6.10. The lowest BCUT2D eigenvalue weighted by molar-refractivity contribution is -0.117. The zero-order valence-electron chi connectivity index (χ0n) is 20.8.